The van der Waals surface area contributed by atoms with Gasteiger partial charge in [-0.05, 0) is 57.7 Å². The number of nitrogens with zero attached hydrogens (tertiary/aromatic N) is 4. The van der Waals surface area contributed by atoms with E-state index in [4.69, 9.17) is 0 Å². The number of piperidine rings is 2. The molecule has 11 rings (SSSR count). The van der Waals surface area contributed by atoms with Crippen LogP contribution in [0.3, 0.4) is 0 Å². The Morgan fingerprint density at radius 2 is 1.10 bits per heavy atom. The topological polar surface area (TPSA) is 46.9 Å². The van der Waals surface area contributed by atoms with Crippen molar-refractivity contribution in [2.75, 3.05) is 62.3 Å². The summed E-state index contributed by atoms with van der Waals surface area (Å²) in [6.45, 7) is 15.0. The van der Waals surface area contributed by atoms with Crippen LogP contribution in [-0.4, -0.2) is 95.8 Å². The summed E-state index contributed by atoms with van der Waals surface area (Å²) in [6, 6.07) is 20.3. The minimum Gasteiger partial charge on any atom is -1.00 e. The smallest absolute Gasteiger partial charge is 0.103 e. The molecule has 4 bridgehead atoms. The normalized spacial score (nSPS) is 41.7. The van der Waals surface area contributed by atoms with Gasteiger partial charge in [0.1, 0.15) is 25.2 Å². The molecule has 0 aromatic heterocycles. The lowest BCUT2D eigenvalue weighted by Crippen LogP contribution is -3.00. The minimum absolute atomic E-state index is 0. The quantitative estimate of drug-likeness (QED) is 0.310. The van der Waals surface area contributed by atoms with Crippen molar-refractivity contribution in [2.45, 2.75) is 60.7 Å². The van der Waals surface area contributed by atoms with Gasteiger partial charge in [-0.1, -0.05) is 61.7 Å². The molecule has 7 heterocycles. The molecule has 2 saturated carbocycles. The third kappa shape index (κ3) is 3.82. The van der Waals surface area contributed by atoms with Gasteiger partial charge >= 0.3 is 0 Å². The number of hydrogen-bond donors (Lipinski definition) is 2. The highest BCUT2D eigenvalue weighted by Crippen LogP contribution is 2.69. The monoisotopic (exact) mass is 736 g/mol. The van der Waals surface area contributed by atoms with E-state index in [-0.39, 0.29) is 60.9 Å². The minimum atomic E-state index is 0. The van der Waals surface area contributed by atoms with Crippen molar-refractivity contribution in [3.63, 3.8) is 0 Å². The van der Waals surface area contributed by atoms with Crippen LogP contribution in [0.4, 0.5) is 11.4 Å². The van der Waals surface area contributed by atoms with E-state index in [1.807, 2.05) is 0 Å². The maximum absolute atomic E-state index is 10.5. The molecule has 52 heavy (non-hydrogen) atoms. The van der Waals surface area contributed by atoms with Gasteiger partial charge in [-0.15, -0.1) is 0 Å². The molecule has 2 aliphatic carbocycles. The number of fused-ring (bicyclic) bond motifs is 8. The summed E-state index contributed by atoms with van der Waals surface area (Å²) in [4.78, 5) is 5.54. The summed E-state index contributed by atoms with van der Waals surface area (Å²) < 4.78 is 2.12. The molecule has 0 radical (unpaired) electrons. The number of hydrogen-bond acceptors (Lipinski definition) is 4. The molecule has 8 heteroatoms. The Hall–Kier alpha value is -3.10. The molecule has 6 unspecified atom stereocenters. The third-order valence-electron chi connectivity index (χ3n) is 15.9. The number of para-hydroxylation sites is 2. The number of aliphatic hydroxyl groups excluding tert-OH is 2. The second-order valence-corrected chi connectivity index (χ2v) is 17.2. The Balaban J connectivity index is 0.00000180. The van der Waals surface area contributed by atoms with Crippen LogP contribution in [0.2, 0.25) is 0 Å². The van der Waals surface area contributed by atoms with E-state index < -0.39 is 0 Å². The van der Waals surface area contributed by atoms with E-state index in [9.17, 15) is 10.2 Å². The molecule has 4 saturated heterocycles. The summed E-state index contributed by atoms with van der Waals surface area (Å²) in [5.74, 6) is 0.615. The molecule has 10 atom stereocenters. The molecule has 6 fully saturated rings. The van der Waals surface area contributed by atoms with Crippen molar-refractivity contribution >= 4 is 11.4 Å². The Kier molecular flexibility index (Phi) is 7.80. The molecule has 6 nitrogen and oxygen atoms in total. The Bertz CT molecular complexity index is 1860. The van der Waals surface area contributed by atoms with Gasteiger partial charge < -0.3 is 53.8 Å². The third-order valence-corrected chi connectivity index (χ3v) is 15.9. The summed E-state index contributed by atoms with van der Waals surface area (Å²) in [7, 11) is 0. The van der Waals surface area contributed by atoms with Crippen LogP contribution >= 0.6 is 0 Å². The van der Waals surface area contributed by atoms with Crippen molar-refractivity contribution in [2.24, 2.45) is 11.8 Å². The van der Waals surface area contributed by atoms with Crippen LogP contribution in [0.15, 0.2) is 121 Å². The van der Waals surface area contributed by atoms with E-state index in [1.165, 1.54) is 33.6 Å². The molecular weight excluding hydrogens is 687 g/mol. The summed E-state index contributed by atoms with van der Waals surface area (Å²) in [6.07, 6.45) is 18.6. The summed E-state index contributed by atoms with van der Waals surface area (Å²) >= 11 is 0. The van der Waals surface area contributed by atoms with Crippen LogP contribution < -0.4 is 34.6 Å². The van der Waals surface area contributed by atoms with Crippen molar-refractivity contribution in [3.8, 4) is 0 Å². The predicted molar refractivity (Wildman–Crippen MR) is 198 cm³/mol. The molecule has 7 aliphatic heterocycles. The average Bonchev–Trinajstić information content (AvgIpc) is 3.81. The fraction of sp³-hybridized carbons (Fsp3) is 0.455. The highest BCUT2D eigenvalue weighted by Gasteiger charge is 2.75. The lowest BCUT2D eigenvalue weighted by atomic mass is 9.56. The Morgan fingerprint density at radius 1 is 0.673 bits per heavy atom. The summed E-state index contributed by atoms with van der Waals surface area (Å²) in [5.41, 5.74) is 11.8. The first-order chi connectivity index (χ1) is 24.5. The van der Waals surface area contributed by atoms with Gasteiger partial charge in [-0.2, -0.15) is 0 Å². The van der Waals surface area contributed by atoms with Gasteiger partial charge in [-0.3, -0.25) is 0 Å². The number of aliphatic hydroxyl groups is 2. The van der Waals surface area contributed by atoms with Gasteiger partial charge in [0.15, 0.2) is 0 Å². The molecule has 2 aromatic carbocycles. The second kappa shape index (κ2) is 11.7. The van der Waals surface area contributed by atoms with Gasteiger partial charge in [0, 0.05) is 61.3 Å². The largest absolute Gasteiger partial charge is 1.00 e. The van der Waals surface area contributed by atoms with E-state index in [0.717, 1.165) is 73.9 Å². The number of anilines is 2. The molecule has 9 aliphatic rings. The maximum Gasteiger partial charge on any atom is 0.103 e. The zero-order chi connectivity index (χ0) is 33.6. The first-order valence-corrected chi connectivity index (χ1v) is 19.2. The van der Waals surface area contributed by atoms with E-state index in [2.05, 4.69) is 108 Å². The SMILES string of the molecule is C=CC[N+]12CCC34c5ccccc5N5C=C6C7C[C@H]8C9(CC[N+]8(CC=C)C/C7=C/CO)c7ccccc7N(C=C(C(C[C@@H]31)/C(=C\CO)C2)[C@H]54)[C@@H]69.[Cl-].[Cl-]. The maximum atomic E-state index is 10.5. The van der Waals surface area contributed by atoms with E-state index in [1.54, 1.807) is 11.1 Å². The molecule has 2 aromatic rings. The number of rotatable bonds is 6. The van der Waals surface area contributed by atoms with Crippen LogP contribution in [0.5, 0.6) is 0 Å². The van der Waals surface area contributed by atoms with Gasteiger partial charge in [0.05, 0.1) is 62.3 Å². The molecule has 2 N–H and O–H groups in total. The number of halogens is 2. The van der Waals surface area contributed by atoms with Gasteiger partial charge in [-0.25, -0.2) is 0 Å². The molecular formula is C44H50Cl2N4O2. The fourth-order valence-corrected chi connectivity index (χ4v) is 14.6. The first kappa shape index (κ1) is 34.7. The molecule has 0 amide bonds. The molecule has 2 spiro atoms. The molecule has 272 valence electrons. The number of quaternary nitrogens is 2. The van der Waals surface area contributed by atoms with Gasteiger partial charge in [0.25, 0.3) is 0 Å². The van der Waals surface area contributed by atoms with Crippen LogP contribution in [0, 0.1) is 11.8 Å². The Morgan fingerprint density at radius 3 is 1.50 bits per heavy atom. The zero-order valence-electron chi connectivity index (χ0n) is 29.9. The Labute approximate surface area is 320 Å². The van der Waals surface area contributed by atoms with Crippen LogP contribution in [-0.2, 0) is 10.8 Å². The van der Waals surface area contributed by atoms with E-state index >= 15 is 0 Å². The van der Waals surface area contributed by atoms with E-state index in [0.29, 0.717) is 23.9 Å². The highest BCUT2D eigenvalue weighted by molar-refractivity contribution is 5.77. The van der Waals surface area contributed by atoms with Crippen LogP contribution in [0.25, 0.3) is 0 Å². The first-order valence-electron chi connectivity index (χ1n) is 19.2. The lowest BCUT2D eigenvalue weighted by molar-refractivity contribution is -0.937. The van der Waals surface area contributed by atoms with Crippen LogP contribution in [0.1, 0.15) is 36.8 Å². The lowest BCUT2D eigenvalue weighted by Gasteiger charge is -2.59. The standard InChI is InChI=1S/C44H50N4O2.2ClH/c1-3-17-47-19-15-43-35-9-5-7-11-37(35)45-26-34-32-24-40-44(16-20-48(40,18-4-2)28-30(32)14-22-50)36-10-6-8-12-38(36)46(42(34)44)25-33(41(43)45)31(23-39(43)47)29(27-47)13-21-49;;/h3-14,25-26,31-32,39-42,49-50H,1-2,15-24,27-28H2;2*1H/q+2;;/p-2/b29-13-,30-14-,33-25?,34-26?;;/t31?,32?,39-,40-,41-,42-,43?,44?,47?,48?;;/m0../s1. The van der Waals surface area contributed by atoms with Crippen molar-refractivity contribution in [3.05, 3.63) is 132 Å². The zero-order valence-corrected chi connectivity index (χ0v) is 31.4. The fourth-order valence-electron chi connectivity index (χ4n) is 14.6. The van der Waals surface area contributed by atoms with Crippen molar-refractivity contribution in [1.29, 1.82) is 0 Å². The second-order valence-electron chi connectivity index (χ2n) is 17.2. The van der Waals surface area contributed by atoms with Crippen molar-refractivity contribution < 1.29 is 44.0 Å². The predicted octanol–water partition coefficient (Wildman–Crippen LogP) is -0.516. The van der Waals surface area contributed by atoms with Gasteiger partial charge in [0.2, 0.25) is 0 Å². The van der Waals surface area contributed by atoms with Crippen molar-refractivity contribution in [1.82, 2.24) is 0 Å². The highest BCUT2D eigenvalue weighted by atomic mass is 35.5. The number of benzene rings is 2. The average molecular weight is 738 g/mol. The summed E-state index contributed by atoms with van der Waals surface area (Å²) in [5, 5.41) is 20.9.